The van der Waals surface area contributed by atoms with Crippen molar-refractivity contribution in [2.45, 2.75) is 57.5 Å². The molecule has 0 bridgehead atoms. The summed E-state index contributed by atoms with van der Waals surface area (Å²) in [5.41, 5.74) is 7.75. The van der Waals surface area contributed by atoms with Crippen LogP contribution < -0.4 is 16.0 Å². The van der Waals surface area contributed by atoms with E-state index in [1.165, 1.54) is 17.6 Å². The van der Waals surface area contributed by atoms with Crippen LogP contribution >= 0.6 is 11.5 Å². The largest absolute Gasteiger partial charge is 0.379 e. The number of carbonyl (C=O) groups excluding carboxylic acids is 2. The van der Waals surface area contributed by atoms with Crippen LogP contribution in [0, 0.1) is 11.7 Å². The molecule has 6 rings (SSSR count). The van der Waals surface area contributed by atoms with Gasteiger partial charge in [-0.3, -0.25) is 14.5 Å². The van der Waals surface area contributed by atoms with Crippen molar-refractivity contribution in [3.05, 3.63) is 58.8 Å². The average Bonchev–Trinajstić information content (AvgIpc) is 3.75. The van der Waals surface area contributed by atoms with Crippen LogP contribution in [0.1, 0.15) is 77.0 Å². The number of Topliss-reactive ketones (excluding diaryl/α,β-unsaturated/α-hetero) is 1. The van der Waals surface area contributed by atoms with Crippen molar-refractivity contribution >= 4 is 39.9 Å². The van der Waals surface area contributed by atoms with E-state index in [2.05, 4.69) is 31.4 Å². The number of amides is 1. The first-order valence-electron chi connectivity index (χ1n) is 14.6. The number of carbonyl (C=O) groups is 2. The number of hydrogen-bond acceptors (Lipinski definition) is 10. The maximum absolute atomic E-state index is 14.8. The average molecular weight is 594 g/mol. The lowest BCUT2D eigenvalue weighted by Gasteiger charge is -2.40. The Kier molecular flexibility index (Phi) is 8.45. The third-order valence-electron chi connectivity index (χ3n) is 8.51. The van der Waals surface area contributed by atoms with E-state index >= 15 is 0 Å². The van der Waals surface area contributed by atoms with E-state index in [1.807, 2.05) is 12.1 Å². The topological polar surface area (TPSA) is 127 Å². The number of nitrogens with one attached hydrogen (secondary N) is 1. The van der Waals surface area contributed by atoms with Gasteiger partial charge in [0, 0.05) is 38.6 Å². The highest BCUT2D eigenvalue weighted by Crippen LogP contribution is 2.40. The number of morpholine rings is 1. The van der Waals surface area contributed by atoms with Gasteiger partial charge in [0.15, 0.2) is 17.3 Å². The molecule has 12 heteroatoms. The third-order valence-corrected chi connectivity index (χ3v) is 9.26. The van der Waals surface area contributed by atoms with Gasteiger partial charge in [0.25, 0.3) is 5.91 Å². The summed E-state index contributed by atoms with van der Waals surface area (Å²) in [5.74, 6) is 0.0281. The van der Waals surface area contributed by atoms with Gasteiger partial charge in [0.05, 0.1) is 30.7 Å². The predicted molar refractivity (Wildman–Crippen MR) is 159 cm³/mol. The number of anilines is 3. The summed E-state index contributed by atoms with van der Waals surface area (Å²) in [6.45, 7) is 6.66. The van der Waals surface area contributed by atoms with Crippen LogP contribution in [0.2, 0.25) is 0 Å². The molecule has 0 unspecified atom stereocenters. The fraction of sp³-hybridized carbons (Fsp3) is 0.500. The highest BCUT2D eigenvalue weighted by molar-refractivity contribution is 7.10. The summed E-state index contributed by atoms with van der Waals surface area (Å²) in [5, 5.41) is 3.94. The van der Waals surface area contributed by atoms with Crippen molar-refractivity contribution in [3.8, 4) is 0 Å². The number of aromatic nitrogens is 3. The monoisotopic (exact) mass is 593 g/mol. The van der Waals surface area contributed by atoms with Gasteiger partial charge in [0.1, 0.15) is 16.6 Å². The Morgan fingerprint density at radius 1 is 1.17 bits per heavy atom. The Morgan fingerprint density at radius 3 is 2.71 bits per heavy atom. The van der Waals surface area contributed by atoms with Crippen molar-refractivity contribution < 1.29 is 18.7 Å². The molecule has 2 aliphatic heterocycles. The summed E-state index contributed by atoms with van der Waals surface area (Å²) in [6.07, 6.45) is 5.69. The zero-order valence-corrected chi connectivity index (χ0v) is 24.5. The molecule has 2 atom stereocenters. The Labute approximate surface area is 248 Å². The molecule has 1 aliphatic carbocycles. The molecule has 3 fully saturated rings. The van der Waals surface area contributed by atoms with E-state index in [0.717, 1.165) is 68.1 Å². The first-order chi connectivity index (χ1) is 20.4. The third kappa shape index (κ3) is 6.45. The zero-order chi connectivity index (χ0) is 29.2. The van der Waals surface area contributed by atoms with Crippen LogP contribution in [0.5, 0.6) is 0 Å². The van der Waals surface area contributed by atoms with Crippen LogP contribution in [0.3, 0.4) is 0 Å². The lowest BCUT2D eigenvalue weighted by atomic mass is 9.84. The van der Waals surface area contributed by atoms with Crippen molar-refractivity contribution in [3.63, 3.8) is 0 Å². The van der Waals surface area contributed by atoms with E-state index in [4.69, 9.17) is 15.5 Å². The van der Waals surface area contributed by atoms with E-state index in [9.17, 15) is 14.0 Å². The molecule has 10 nitrogen and oxygen atoms in total. The number of rotatable bonds is 10. The van der Waals surface area contributed by atoms with Crippen molar-refractivity contribution in [2.75, 3.05) is 43.1 Å². The van der Waals surface area contributed by atoms with E-state index in [1.54, 1.807) is 12.3 Å². The number of ketones is 1. The van der Waals surface area contributed by atoms with E-state index in [-0.39, 0.29) is 41.2 Å². The molecule has 2 saturated heterocycles. The molecule has 0 radical (unpaired) electrons. The Morgan fingerprint density at radius 2 is 1.98 bits per heavy atom. The van der Waals surface area contributed by atoms with Gasteiger partial charge in [-0.1, -0.05) is 6.07 Å². The highest BCUT2D eigenvalue weighted by atomic mass is 32.1. The van der Waals surface area contributed by atoms with Gasteiger partial charge in [-0.25, -0.2) is 14.4 Å². The maximum Gasteiger partial charge on any atom is 0.271 e. The van der Waals surface area contributed by atoms with Crippen molar-refractivity contribution in [2.24, 2.45) is 11.7 Å². The fourth-order valence-corrected chi connectivity index (χ4v) is 6.59. The van der Waals surface area contributed by atoms with Gasteiger partial charge >= 0.3 is 0 Å². The minimum absolute atomic E-state index is 0.0204. The first kappa shape index (κ1) is 28.6. The molecule has 1 amide bonds. The molecular formula is C30H36FN7O3S. The lowest BCUT2D eigenvalue weighted by molar-refractivity contribution is 0.0338. The summed E-state index contributed by atoms with van der Waals surface area (Å²) in [7, 11) is 0. The molecule has 222 valence electrons. The van der Waals surface area contributed by atoms with Crippen LogP contribution in [0.25, 0.3) is 0 Å². The molecule has 3 aliphatic rings. The van der Waals surface area contributed by atoms with Gasteiger partial charge in [-0.2, -0.15) is 4.37 Å². The molecule has 42 heavy (non-hydrogen) atoms. The fourth-order valence-electron chi connectivity index (χ4n) is 5.93. The number of halogens is 1. The quantitative estimate of drug-likeness (QED) is 0.327. The van der Waals surface area contributed by atoms with Gasteiger partial charge < -0.3 is 20.7 Å². The predicted octanol–water partition coefficient (Wildman–Crippen LogP) is 4.50. The minimum atomic E-state index is -0.681. The second-order valence-corrected chi connectivity index (χ2v) is 12.3. The number of primary amides is 1. The molecule has 0 spiro atoms. The van der Waals surface area contributed by atoms with E-state index < -0.39 is 11.7 Å². The van der Waals surface area contributed by atoms with Gasteiger partial charge in [-0.15, -0.1) is 0 Å². The maximum atomic E-state index is 14.8. The molecular weight excluding hydrogens is 557 g/mol. The molecule has 3 aromatic rings. The Hall–Kier alpha value is -3.48. The molecule has 3 N–H and O–H groups in total. The van der Waals surface area contributed by atoms with Crippen LogP contribution in [-0.2, 0) is 11.3 Å². The van der Waals surface area contributed by atoms with Gasteiger partial charge in [-0.05, 0) is 79.7 Å². The molecule has 4 heterocycles. The Bertz CT molecular complexity index is 1460. The number of benzene rings is 1. The standard InChI is InChI=1S/C30H36FN7O3S/c1-18-20(14-25(39)23-7-6-21(13-24(23)31)19-4-5-19)3-2-8-38(18)26-16-33-28(29(32)40)30(34-26)35-27-15-22(36-42-27)17-37-9-11-41-12-10-37/h6-7,13,15-16,18-20H,2-5,8-12,14,17H2,1H3,(H2,32,40)(H,34,35)/t18-,20+/m1/s1. The van der Waals surface area contributed by atoms with E-state index in [0.29, 0.717) is 24.9 Å². The number of nitrogens with two attached hydrogens (primary N) is 1. The Balaban J connectivity index is 1.15. The normalized spacial score (nSPS) is 21.3. The number of ether oxygens (including phenoxy) is 1. The van der Waals surface area contributed by atoms with Crippen molar-refractivity contribution in [1.82, 2.24) is 19.2 Å². The molecule has 1 saturated carbocycles. The highest BCUT2D eigenvalue weighted by Gasteiger charge is 2.32. The number of piperidine rings is 1. The van der Waals surface area contributed by atoms with Crippen LogP contribution in [0.15, 0.2) is 30.5 Å². The smallest absolute Gasteiger partial charge is 0.271 e. The molecule has 2 aromatic heterocycles. The van der Waals surface area contributed by atoms with Crippen LogP contribution in [-0.4, -0.2) is 69.8 Å². The lowest BCUT2D eigenvalue weighted by Crippen LogP contribution is -2.44. The second kappa shape index (κ2) is 12.4. The second-order valence-electron chi connectivity index (χ2n) is 11.5. The number of hydrogen-bond donors (Lipinski definition) is 2. The summed E-state index contributed by atoms with van der Waals surface area (Å²) >= 11 is 1.29. The minimum Gasteiger partial charge on any atom is -0.379 e. The van der Waals surface area contributed by atoms with Gasteiger partial charge in [0.2, 0.25) is 0 Å². The molecule has 1 aromatic carbocycles. The summed E-state index contributed by atoms with van der Waals surface area (Å²) in [6, 6.07) is 6.97. The summed E-state index contributed by atoms with van der Waals surface area (Å²) in [4.78, 5) is 38.9. The summed E-state index contributed by atoms with van der Waals surface area (Å²) < 4.78 is 24.8. The van der Waals surface area contributed by atoms with Crippen molar-refractivity contribution in [1.29, 1.82) is 0 Å². The number of nitrogens with zero attached hydrogens (tertiary/aromatic N) is 5. The van der Waals surface area contributed by atoms with Crippen LogP contribution in [0.4, 0.5) is 21.0 Å². The zero-order valence-electron chi connectivity index (χ0n) is 23.7. The SMILES string of the molecule is C[C@@H]1[C@H](CC(=O)c2ccc(C3CC3)cc2F)CCCN1c1cnc(C(N)=O)c(Nc2cc(CN3CCOCC3)ns2)n1. The first-order valence-corrected chi connectivity index (χ1v) is 15.4.